The minimum Gasteiger partial charge on any atom is -0.466 e. The number of hydrogen-bond donors (Lipinski definition) is 0. The molecule has 160 valence electrons. The molecule has 1 unspecified atom stereocenters. The van der Waals surface area contributed by atoms with Crippen molar-refractivity contribution in [3.05, 3.63) is 34.4 Å². The van der Waals surface area contributed by atoms with E-state index in [1.165, 1.54) is 6.92 Å². The normalized spacial score (nSPS) is 24.4. The van der Waals surface area contributed by atoms with Crippen LogP contribution in [-0.4, -0.2) is 47.8 Å². The zero-order valence-electron chi connectivity index (χ0n) is 15.9. The molecular formula is C18H18N2O9S. The highest BCUT2D eigenvalue weighted by Gasteiger charge is 2.64. The second-order valence-electron chi connectivity index (χ2n) is 6.98. The average molecular weight is 438 g/mol. The number of nitro groups is 1. The van der Waals surface area contributed by atoms with Crippen LogP contribution >= 0.6 is 0 Å². The minimum absolute atomic E-state index is 0.0209. The van der Waals surface area contributed by atoms with E-state index >= 15 is 0 Å². The number of carbonyl (C=O) groups is 4. The summed E-state index contributed by atoms with van der Waals surface area (Å²) in [6.45, 7) is 1.49. The molecule has 1 spiro atoms. The molecule has 2 amide bonds. The number of amides is 2. The molecule has 12 heteroatoms. The molecule has 0 aromatic heterocycles. The Morgan fingerprint density at radius 2 is 1.90 bits per heavy atom. The number of esters is 1. The lowest BCUT2D eigenvalue weighted by atomic mass is 9.68. The number of nitro benzene ring substituents is 1. The molecule has 1 heterocycles. The van der Waals surface area contributed by atoms with Crippen molar-refractivity contribution >= 4 is 39.3 Å². The Bertz CT molecular complexity index is 1050. The van der Waals surface area contributed by atoms with Gasteiger partial charge in [-0.15, -0.1) is 0 Å². The predicted octanol–water partition coefficient (Wildman–Crippen LogP) is 0.961. The number of benzene rings is 1. The summed E-state index contributed by atoms with van der Waals surface area (Å²) in [6, 6.07) is 3.64. The Labute approximate surface area is 171 Å². The fraction of sp³-hybridized carbons (Fsp3) is 0.444. The third-order valence-electron chi connectivity index (χ3n) is 5.40. The molecule has 0 bridgehead atoms. The van der Waals surface area contributed by atoms with Crippen molar-refractivity contribution in [3.63, 3.8) is 0 Å². The number of rotatable bonds is 5. The maximum atomic E-state index is 13.3. The molecular weight excluding hydrogens is 420 g/mol. The highest BCUT2D eigenvalue weighted by atomic mass is 32.2. The van der Waals surface area contributed by atoms with Crippen LogP contribution in [0, 0.1) is 21.4 Å². The predicted molar refractivity (Wildman–Crippen MR) is 98.2 cm³/mol. The Morgan fingerprint density at radius 3 is 2.40 bits per heavy atom. The molecule has 30 heavy (non-hydrogen) atoms. The molecule has 11 nitrogen and oxygen atoms in total. The fourth-order valence-electron chi connectivity index (χ4n) is 3.98. The van der Waals surface area contributed by atoms with Crippen LogP contribution in [0.15, 0.2) is 29.2 Å². The van der Waals surface area contributed by atoms with Crippen LogP contribution in [0.3, 0.4) is 0 Å². The van der Waals surface area contributed by atoms with Gasteiger partial charge >= 0.3 is 5.97 Å². The largest absolute Gasteiger partial charge is 0.466 e. The number of carbonyl (C=O) groups excluding carboxylic acids is 4. The van der Waals surface area contributed by atoms with Crippen LogP contribution in [-0.2, 0) is 33.9 Å². The van der Waals surface area contributed by atoms with E-state index < -0.39 is 61.2 Å². The summed E-state index contributed by atoms with van der Waals surface area (Å²) < 4.78 is 31.0. The first kappa shape index (κ1) is 21.6. The lowest BCUT2D eigenvalue weighted by Crippen LogP contribution is -2.61. The summed E-state index contributed by atoms with van der Waals surface area (Å²) in [7, 11) is -4.74. The van der Waals surface area contributed by atoms with Crippen LogP contribution in [0.5, 0.6) is 0 Å². The lowest BCUT2D eigenvalue weighted by molar-refractivity contribution is -0.384. The van der Waals surface area contributed by atoms with Crippen molar-refractivity contribution < 1.29 is 37.3 Å². The first-order valence-corrected chi connectivity index (χ1v) is 10.6. The zero-order chi connectivity index (χ0) is 22.3. The molecule has 1 saturated heterocycles. The van der Waals surface area contributed by atoms with Gasteiger partial charge in [0, 0.05) is 25.0 Å². The number of nitrogens with zero attached hydrogens (tertiary/aromatic N) is 2. The van der Waals surface area contributed by atoms with Gasteiger partial charge in [-0.2, -0.15) is 4.31 Å². The Balaban J connectivity index is 2.07. The summed E-state index contributed by atoms with van der Waals surface area (Å²) in [5.41, 5.74) is -2.36. The van der Waals surface area contributed by atoms with E-state index in [0.717, 1.165) is 24.3 Å². The molecule has 1 aliphatic carbocycles. The van der Waals surface area contributed by atoms with Crippen LogP contribution in [0.1, 0.15) is 32.6 Å². The SMILES string of the molecule is CCOC(=O)C1CC(=O)N(S(=O)(=O)c2ccc([N+](=O)[O-])cc2)C(=O)[C@@]12CCCC2=O. The smallest absolute Gasteiger partial charge is 0.311 e. The van der Waals surface area contributed by atoms with Gasteiger partial charge in [-0.25, -0.2) is 8.42 Å². The second-order valence-corrected chi connectivity index (χ2v) is 8.76. The zero-order valence-corrected chi connectivity index (χ0v) is 16.7. The quantitative estimate of drug-likeness (QED) is 0.214. The van der Waals surface area contributed by atoms with Gasteiger partial charge in [0.25, 0.3) is 21.6 Å². The first-order chi connectivity index (χ1) is 14.1. The van der Waals surface area contributed by atoms with Crippen molar-refractivity contribution in [1.29, 1.82) is 0 Å². The molecule has 2 aliphatic rings. The third kappa shape index (κ3) is 3.16. The molecule has 1 aliphatic heterocycles. The molecule has 2 fully saturated rings. The van der Waals surface area contributed by atoms with Gasteiger partial charge in [0.2, 0.25) is 5.91 Å². The fourth-order valence-corrected chi connectivity index (χ4v) is 5.39. The average Bonchev–Trinajstić information content (AvgIpc) is 3.07. The molecule has 1 saturated carbocycles. The standard InChI is InChI=1S/C18H18N2O9S/c1-2-29-16(23)13-10-15(22)19(17(24)18(13)9-3-4-14(18)21)30(27,28)12-7-5-11(6-8-12)20(25)26/h5-8,13H,2-4,9-10H2,1H3/t13?,18-/m0/s1. The van der Waals surface area contributed by atoms with Gasteiger partial charge in [0.15, 0.2) is 0 Å². The van der Waals surface area contributed by atoms with E-state index in [1.54, 1.807) is 0 Å². The first-order valence-electron chi connectivity index (χ1n) is 9.14. The number of hydrogen-bond acceptors (Lipinski definition) is 9. The van der Waals surface area contributed by atoms with E-state index in [9.17, 15) is 37.7 Å². The third-order valence-corrected chi connectivity index (χ3v) is 7.11. The van der Waals surface area contributed by atoms with Gasteiger partial charge in [-0.3, -0.25) is 29.3 Å². The number of non-ortho nitro benzene ring substituents is 1. The summed E-state index contributed by atoms with van der Waals surface area (Å²) in [5.74, 6) is -5.35. The van der Waals surface area contributed by atoms with Crippen LogP contribution in [0.4, 0.5) is 5.69 Å². The van der Waals surface area contributed by atoms with E-state index in [-0.39, 0.29) is 35.9 Å². The van der Waals surface area contributed by atoms with E-state index in [4.69, 9.17) is 4.74 Å². The maximum Gasteiger partial charge on any atom is 0.311 e. The van der Waals surface area contributed by atoms with Crippen molar-refractivity contribution in [2.24, 2.45) is 11.3 Å². The number of piperidine rings is 1. The van der Waals surface area contributed by atoms with Crippen LogP contribution in [0.2, 0.25) is 0 Å². The number of ether oxygens (including phenoxy) is 1. The van der Waals surface area contributed by atoms with Crippen molar-refractivity contribution in [3.8, 4) is 0 Å². The van der Waals surface area contributed by atoms with E-state index in [2.05, 4.69) is 0 Å². The number of Topliss-reactive ketones (excluding diaryl/α,β-unsaturated/α-hetero) is 1. The molecule has 0 N–H and O–H groups in total. The maximum absolute atomic E-state index is 13.3. The summed E-state index contributed by atoms with van der Waals surface area (Å²) in [4.78, 5) is 60.6. The van der Waals surface area contributed by atoms with Crippen molar-refractivity contribution in [2.75, 3.05) is 6.61 Å². The van der Waals surface area contributed by atoms with E-state index in [1.807, 2.05) is 0 Å². The van der Waals surface area contributed by atoms with E-state index in [0.29, 0.717) is 0 Å². The summed E-state index contributed by atoms with van der Waals surface area (Å²) in [6.07, 6.45) is -0.516. The Morgan fingerprint density at radius 1 is 1.27 bits per heavy atom. The van der Waals surface area contributed by atoms with Crippen LogP contribution in [0.25, 0.3) is 0 Å². The van der Waals surface area contributed by atoms with Gasteiger partial charge < -0.3 is 4.74 Å². The van der Waals surface area contributed by atoms with Crippen molar-refractivity contribution in [2.45, 2.75) is 37.5 Å². The molecule has 2 atom stereocenters. The van der Waals surface area contributed by atoms with Gasteiger partial charge in [-0.05, 0) is 31.9 Å². The summed E-state index contributed by atoms with van der Waals surface area (Å²) >= 11 is 0. The van der Waals surface area contributed by atoms with Crippen LogP contribution < -0.4 is 0 Å². The number of sulfonamides is 1. The Hall–Kier alpha value is -3.15. The second kappa shape index (κ2) is 7.59. The topological polar surface area (TPSA) is 158 Å². The van der Waals surface area contributed by atoms with Crippen molar-refractivity contribution in [1.82, 2.24) is 4.31 Å². The van der Waals surface area contributed by atoms with Gasteiger partial charge in [-0.1, -0.05) is 0 Å². The number of imide groups is 1. The highest BCUT2D eigenvalue weighted by molar-refractivity contribution is 7.90. The molecule has 1 aromatic carbocycles. The number of ketones is 1. The molecule has 0 radical (unpaired) electrons. The lowest BCUT2D eigenvalue weighted by Gasteiger charge is -2.40. The Kier molecular flexibility index (Phi) is 5.46. The van der Waals surface area contributed by atoms with Gasteiger partial charge in [0.05, 0.1) is 22.3 Å². The summed E-state index contributed by atoms with van der Waals surface area (Å²) in [5, 5.41) is 10.8. The highest BCUT2D eigenvalue weighted by Crippen LogP contribution is 2.49. The molecule has 3 rings (SSSR count). The van der Waals surface area contributed by atoms with Gasteiger partial charge in [0.1, 0.15) is 11.2 Å². The molecule has 1 aromatic rings. The monoisotopic (exact) mass is 438 g/mol. The minimum atomic E-state index is -4.74.